The first-order valence-corrected chi connectivity index (χ1v) is 9.36. The van der Waals surface area contributed by atoms with Crippen molar-refractivity contribution in [2.75, 3.05) is 20.2 Å². The maximum atomic E-state index is 12.6. The third-order valence-electron chi connectivity index (χ3n) is 5.30. The first kappa shape index (κ1) is 18.2. The Kier molecular flexibility index (Phi) is 4.86. The highest BCUT2D eigenvalue weighted by Crippen LogP contribution is 2.28. The van der Waals surface area contributed by atoms with E-state index in [1.807, 2.05) is 61.2 Å². The summed E-state index contributed by atoms with van der Waals surface area (Å²) in [5.41, 5.74) is 4.05. The van der Waals surface area contributed by atoms with Crippen LogP contribution >= 0.6 is 0 Å². The summed E-state index contributed by atoms with van der Waals surface area (Å²) in [7, 11) is 1.65. The van der Waals surface area contributed by atoms with Gasteiger partial charge in [-0.25, -0.2) is 0 Å². The van der Waals surface area contributed by atoms with Gasteiger partial charge in [-0.3, -0.25) is 4.79 Å². The molecule has 0 spiro atoms. The SMILES string of the molecule is COc1ccccc1Cc1noc(C2CN(C(=O)c3ccc(C)c(C)c3)C2)n1. The summed E-state index contributed by atoms with van der Waals surface area (Å²) >= 11 is 0. The fourth-order valence-electron chi connectivity index (χ4n) is 3.38. The fourth-order valence-corrected chi connectivity index (χ4v) is 3.38. The molecule has 1 amide bonds. The Hall–Kier alpha value is -3.15. The van der Waals surface area contributed by atoms with Crippen molar-refractivity contribution in [1.29, 1.82) is 0 Å². The molecular formula is C22H23N3O3. The number of para-hydroxylation sites is 1. The zero-order chi connectivity index (χ0) is 19.7. The minimum Gasteiger partial charge on any atom is -0.496 e. The number of methoxy groups -OCH3 is 1. The van der Waals surface area contributed by atoms with Crippen molar-refractivity contribution in [2.45, 2.75) is 26.2 Å². The van der Waals surface area contributed by atoms with E-state index in [9.17, 15) is 4.79 Å². The lowest BCUT2D eigenvalue weighted by molar-refractivity contribution is 0.0569. The normalized spacial score (nSPS) is 14.0. The van der Waals surface area contributed by atoms with Crippen LogP contribution in [-0.2, 0) is 6.42 Å². The summed E-state index contributed by atoms with van der Waals surface area (Å²) < 4.78 is 10.8. The second kappa shape index (κ2) is 7.46. The predicted octanol–water partition coefficient (Wildman–Crippen LogP) is 3.53. The number of carbonyl (C=O) groups excluding carboxylic acids is 1. The van der Waals surface area contributed by atoms with Gasteiger partial charge in [-0.1, -0.05) is 29.4 Å². The molecule has 1 aliphatic rings. The molecule has 0 atom stereocenters. The van der Waals surface area contributed by atoms with Gasteiger partial charge in [-0.15, -0.1) is 0 Å². The highest BCUT2D eigenvalue weighted by molar-refractivity contribution is 5.95. The Morgan fingerprint density at radius 2 is 1.96 bits per heavy atom. The maximum Gasteiger partial charge on any atom is 0.253 e. The number of aryl methyl sites for hydroxylation is 2. The molecule has 0 saturated carbocycles. The van der Waals surface area contributed by atoms with Crippen molar-refractivity contribution < 1.29 is 14.1 Å². The standard InChI is InChI=1S/C22H23N3O3/c1-14-8-9-17(10-15(14)2)22(26)25-12-18(13-25)21-23-20(24-28-21)11-16-6-4-5-7-19(16)27-3/h4-10,18H,11-13H2,1-3H3. The van der Waals surface area contributed by atoms with Crippen LogP contribution in [0.5, 0.6) is 5.75 Å². The number of hydrogen-bond acceptors (Lipinski definition) is 5. The van der Waals surface area contributed by atoms with E-state index < -0.39 is 0 Å². The maximum absolute atomic E-state index is 12.6. The van der Waals surface area contributed by atoms with Crippen LogP contribution < -0.4 is 4.74 Å². The van der Waals surface area contributed by atoms with Crippen LogP contribution in [0.25, 0.3) is 0 Å². The summed E-state index contributed by atoms with van der Waals surface area (Å²) in [6.45, 7) is 5.26. The van der Waals surface area contributed by atoms with Crippen LogP contribution in [0.4, 0.5) is 0 Å². The number of nitrogens with zero attached hydrogens (tertiary/aromatic N) is 3. The van der Waals surface area contributed by atoms with Crippen molar-refractivity contribution in [3.05, 3.63) is 76.4 Å². The third kappa shape index (κ3) is 3.50. The van der Waals surface area contributed by atoms with E-state index in [0.29, 0.717) is 31.2 Å². The Labute approximate surface area is 164 Å². The first-order chi connectivity index (χ1) is 13.5. The van der Waals surface area contributed by atoms with E-state index in [1.54, 1.807) is 7.11 Å². The zero-order valence-corrected chi connectivity index (χ0v) is 16.3. The average Bonchev–Trinajstić information content (AvgIpc) is 3.11. The summed E-state index contributed by atoms with van der Waals surface area (Å²) in [6, 6.07) is 13.6. The molecule has 0 bridgehead atoms. The molecule has 2 heterocycles. The van der Waals surface area contributed by atoms with Crippen LogP contribution in [0.2, 0.25) is 0 Å². The van der Waals surface area contributed by atoms with Gasteiger partial charge in [0, 0.05) is 30.6 Å². The van der Waals surface area contributed by atoms with Crippen LogP contribution in [0.15, 0.2) is 47.0 Å². The Bertz CT molecular complexity index is 1010. The smallest absolute Gasteiger partial charge is 0.253 e. The Balaban J connectivity index is 1.38. The van der Waals surface area contributed by atoms with Gasteiger partial charge in [0.05, 0.1) is 13.0 Å². The number of rotatable bonds is 5. The summed E-state index contributed by atoms with van der Waals surface area (Å²) in [5.74, 6) is 2.16. The molecule has 1 fully saturated rings. The molecule has 6 heteroatoms. The lowest BCUT2D eigenvalue weighted by atomic mass is 9.97. The second-order valence-electron chi connectivity index (χ2n) is 7.24. The monoisotopic (exact) mass is 377 g/mol. The second-order valence-corrected chi connectivity index (χ2v) is 7.24. The molecule has 0 N–H and O–H groups in total. The van der Waals surface area contributed by atoms with Crippen LogP contribution in [0, 0.1) is 13.8 Å². The molecule has 0 aliphatic carbocycles. The molecule has 1 aliphatic heterocycles. The van der Waals surface area contributed by atoms with Crippen LogP contribution in [-0.4, -0.2) is 41.1 Å². The van der Waals surface area contributed by atoms with Crippen molar-refractivity contribution >= 4 is 5.91 Å². The largest absolute Gasteiger partial charge is 0.496 e. The van der Waals surface area contributed by atoms with Crippen LogP contribution in [0.3, 0.4) is 0 Å². The first-order valence-electron chi connectivity index (χ1n) is 9.36. The molecule has 1 aromatic heterocycles. The molecule has 6 nitrogen and oxygen atoms in total. The Morgan fingerprint density at radius 3 is 2.71 bits per heavy atom. The van der Waals surface area contributed by atoms with Crippen molar-refractivity contribution in [2.24, 2.45) is 0 Å². The number of aromatic nitrogens is 2. The molecule has 3 aromatic rings. The van der Waals surface area contributed by atoms with Gasteiger partial charge in [0.15, 0.2) is 5.82 Å². The van der Waals surface area contributed by atoms with Gasteiger partial charge >= 0.3 is 0 Å². The van der Waals surface area contributed by atoms with Crippen molar-refractivity contribution in [1.82, 2.24) is 15.0 Å². The van der Waals surface area contributed by atoms with E-state index in [4.69, 9.17) is 9.26 Å². The summed E-state index contributed by atoms with van der Waals surface area (Å²) in [4.78, 5) is 19.0. The number of likely N-dealkylation sites (tertiary alicyclic amines) is 1. The highest BCUT2D eigenvalue weighted by atomic mass is 16.5. The van der Waals surface area contributed by atoms with Crippen LogP contribution in [0.1, 0.15) is 44.7 Å². The van der Waals surface area contributed by atoms with Gasteiger partial charge in [0.25, 0.3) is 5.91 Å². The lowest BCUT2D eigenvalue weighted by Gasteiger charge is -2.37. The number of benzene rings is 2. The zero-order valence-electron chi connectivity index (χ0n) is 16.3. The molecule has 4 rings (SSSR count). The van der Waals surface area contributed by atoms with Crippen molar-refractivity contribution in [3.8, 4) is 5.75 Å². The van der Waals surface area contributed by atoms with Gasteiger partial charge in [0.2, 0.25) is 5.89 Å². The molecule has 2 aromatic carbocycles. The number of amides is 1. The summed E-state index contributed by atoms with van der Waals surface area (Å²) in [6.07, 6.45) is 0.547. The van der Waals surface area contributed by atoms with Gasteiger partial charge in [0.1, 0.15) is 5.75 Å². The molecule has 0 unspecified atom stereocenters. The highest BCUT2D eigenvalue weighted by Gasteiger charge is 2.36. The predicted molar refractivity (Wildman–Crippen MR) is 105 cm³/mol. The lowest BCUT2D eigenvalue weighted by Crippen LogP contribution is -2.48. The number of carbonyl (C=O) groups is 1. The molecule has 0 radical (unpaired) electrons. The number of hydrogen-bond donors (Lipinski definition) is 0. The van der Waals surface area contributed by atoms with E-state index in [0.717, 1.165) is 22.4 Å². The van der Waals surface area contributed by atoms with Gasteiger partial charge in [-0.05, 0) is 43.2 Å². The minimum absolute atomic E-state index is 0.0492. The molecule has 1 saturated heterocycles. The fraction of sp³-hybridized carbons (Fsp3) is 0.318. The third-order valence-corrected chi connectivity index (χ3v) is 5.30. The molecule has 28 heavy (non-hydrogen) atoms. The van der Waals surface area contributed by atoms with E-state index in [-0.39, 0.29) is 11.8 Å². The number of ether oxygens (including phenoxy) is 1. The summed E-state index contributed by atoms with van der Waals surface area (Å²) in [5, 5.41) is 4.09. The molecule has 144 valence electrons. The topological polar surface area (TPSA) is 68.5 Å². The minimum atomic E-state index is 0.0492. The quantitative estimate of drug-likeness (QED) is 0.680. The Morgan fingerprint density at radius 1 is 1.18 bits per heavy atom. The van der Waals surface area contributed by atoms with Crippen molar-refractivity contribution in [3.63, 3.8) is 0 Å². The van der Waals surface area contributed by atoms with E-state index >= 15 is 0 Å². The van der Waals surface area contributed by atoms with E-state index in [2.05, 4.69) is 10.1 Å². The van der Waals surface area contributed by atoms with Gasteiger partial charge in [-0.2, -0.15) is 4.98 Å². The van der Waals surface area contributed by atoms with Gasteiger partial charge < -0.3 is 14.2 Å². The average molecular weight is 377 g/mol. The molecular weight excluding hydrogens is 354 g/mol. The van der Waals surface area contributed by atoms with E-state index in [1.165, 1.54) is 5.56 Å².